The van der Waals surface area contributed by atoms with Crippen LogP contribution < -0.4 is 5.32 Å². The molecule has 1 amide bonds. The molecule has 0 aromatic carbocycles. The summed E-state index contributed by atoms with van der Waals surface area (Å²) in [5, 5.41) is 21.9. The van der Waals surface area contributed by atoms with Crippen molar-refractivity contribution in [3.05, 3.63) is 48.6 Å². The highest BCUT2D eigenvalue weighted by molar-refractivity contribution is 7.47. The molecule has 0 bridgehead atoms. The van der Waals surface area contributed by atoms with E-state index in [0.29, 0.717) is 12.8 Å². The lowest BCUT2D eigenvalue weighted by Crippen LogP contribution is -2.43. The number of phosphoric acid groups is 1. The molecule has 0 aromatic heterocycles. The molecule has 0 heterocycles. The third-order valence-corrected chi connectivity index (χ3v) is 11.1. The molecule has 0 aliphatic rings. The maximum Gasteiger partial charge on any atom is 0.472 e. The molecular formula is C48H86NO10P. The van der Waals surface area contributed by atoms with Gasteiger partial charge in [0.05, 0.1) is 13.2 Å². The first-order valence-electron chi connectivity index (χ1n) is 23.7. The number of carboxylic acids is 1. The van der Waals surface area contributed by atoms with E-state index < -0.39 is 57.6 Å². The maximum atomic E-state index is 12.3. The van der Waals surface area contributed by atoms with Gasteiger partial charge in [0.15, 0.2) is 6.04 Å². The van der Waals surface area contributed by atoms with E-state index in [4.69, 9.17) is 13.8 Å². The Bertz CT molecular complexity index is 1200. The Hall–Kier alpha value is -2.56. The van der Waals surface area contributed by atoms with Crippen LogP contribution in [-0.2, 0) is 32.7 Å². The average molecular weight is 868 g/mol. The Kier molecular flexibility index (Phi) is 41.3. The molecule has 0 aromatic rings. The predicted octanol–water partition coefficient (Wildman–Crippen LogP) is 12.6. The molecule has 0 aliphatic heterocycles. The van der Waals surface area contributed by atoms with Crippen LogP contribution in [0.3, 0.4) is 0 Å². The second-order valence-corrected chi connectivity index (χ2v) is 17.4. The molecule has 348 valence electrons. The molecule has 11 nitrogen and oxygen atoms in total. The Morgan fingerprint density at radius 3 is 1.40 bits per heavy atom. The Morgan fingerprint density at radius 2 is 0.917 bits per heavy atom. The van der Waals surface area contributed by atoms with Gasteiger partial charge < -0.3 is 25.2 Å². The van der Waals surface area contributed by atoms with Crippen molar-refractivity contribution in [3.63, 3.8) is 0 Å². The van der Waals surface area contributed by atoms with E-state index >= 15 is 0 Å². The van der Waals surface area contributed by atoms with Gasteiger partial charge in [0.2, 0.25) is 5.91 Å². The van der Waals surface area contributed by atoms with Gasteiger partial charge in [-0.05, 0) is 57.8 Å². The third-order valence-electron chi connectivity index (χ3n) is 10.1. The van der Waals surface area contributed by atoms with Gasteiger partial charge >= 0.3 is 19.8 Å². The Morgan fingerprint density at radius 1 is 0.533 bits per heavy atom. The molecule has 12 heteroatoms. The standard InChI is InChI=1S/C48H86NO10P/c1-3-5-7-9-11-13-15-17-19-20-21-22-23-24-26-27-29-31-33-35-37-39-46(51)49-45(48(53)54)43-59-60(55,56)58-42-44(50)41-57-47(52)40-38-36-34-32-30-28-25-18-16-14-12-10-8-6-4-2/h11,13,17,19,21-22,24,26,44-45,50H,3-10,12,14-16,18,20,23,25,27-43H2,1-2H3,(H,49,51)(H,53,54)(H,55,56)/b13-11-,19-17-,22-21-,26-24-. The third kappa shape index (κ3) is 42.1. The average Bonchev–Trinajstić information content (AvgIpc) is 3.22. The molecule has 0 fully saturated rings. The summed E-state index contributed by atoms with van der Waals surface area (Å²) in [6.07, 6.45) is 48.4. The van der Waals surface area contributed by atoms with Gasteiger partial charge in [-0.2, -0.15) is 0 Å². The highest BCUT2D eigenvalue weighted by Crippen LogP contribution is 2.43. The van der Waals surface area contributed by atoms with Crippen molar-refractivity contribution in [2.45, 2.75) is 219 Å². The van der Waals surface area contributed by atoms with Crippen LogP contribution in [-0.4, -0.2) is 64.9 Å². The number of carbonyl (C=O) groups is 3. The molecule has 3 atom stereocenters. The van der Waals surface area contributed by atoms with Gasteiger partial charge in [-0.25, -0.2) is 9.36 Å². The van der Waals surface area contributed by atoms with Crippen molar-refractivity contribution in [2.75, 3.05) is 19.8 Å². The number of nitrogens with one attached hydrogen (secondary N) is 1. The summed E-state index contributed by atoms with van der Waals surface area (Å²) >= 11 is 0. The first-order valence-corrected chi connectivity index (χ1v) is 25.2. The molecule has 0 rings (SSSR count). The topological polar surface area (TPSA) is 169 Å². The zero-order chi connectivity index (χ0) is 44.2. The molecule has 0 radical (unpaired) electrons. The lowest BCUT2D eigenvalue weighted by Gasteiger charge is -2.18. The summed E-state index contributed by atoms with van der Waals surface area (Å²) in [6, 6.07) is -1.56. The van der Waals surface area contributed by atoms with E-state index in [2.05, 4.69) is 67.8 Å². The minimum atomic E-state index is -4.76. The quantitative estimate of drug-likeness (QED) is 0.0200. The summed E-state index contributed by atoms with van der Waals surface area (Å²) in [4.78, 5) is 46.0. The van der Waals surface area contributed by atoms with Crippen molar-refractivity contribution in [1.29, 1.82) is 0 Å². The second-order valence-electron chi connectivity index (χ2n) is 15.9. The fourth-order valence-corrected chi connectivity index (χ4v) is 7.19. The van der Waals surface area contributed by atoms with E-state index in [1.807, 2.05) is 0 Å². The number of phosphoric ester groups is 1. The molecule has 3 unspecified atom stereocenters. The number of aliphatic hydroxyl groups excluding tert-OH is 1. The number of amides is 1. The number of aliphatic hydroxyl groups is 1. The van der Waals surface area contributed by atoms with Gasteiger partial charge in [0.1, 0.15) is 12.7 Å². The fraction of sp³-hybridized carbons (Fsp3) is 0.771. The molecule has 4 N–H and O–H groups in total. The molecule has 0 aliphatic carbocycles. The molecular weight excluding hydrogens is 781 g/mol. The SMILES string of the molecule is CCCCC/C=C\C/C=C\C/C=C\C/C=C\CCCCCCCC(=O)NC(COP(=O)(O)OCC(O)COC(=O)CCCCCCCCCCCCCCCCC)C(=O)O. The van der Waals surface area contributed by atoms with Crippen LogP contribution in [0.15, 0.2) is 48.6 Å². The Balaban J connectivity index is 3.92. The minimum absolute atomic E-state index is 0.124. The van der Waals surface area contributed by atoms with E-state index in [1.54, 1.807) is 0 Å². The summed E-state index contributed by atoms with van der Waals surface area (Å²) in [7, 11) is -4.76. The van der Waals surface area contributed by atoms with Gasteiger partial charge in [0, 0.05) is 12.8 Å². The fourth-order valence-electron chi connectivity index (χ4n) is 6.42. The van der Waals surface area contributed by atoms with Crippen LogP contribution in [0, 0.1) is 0 Å². The lowest BCUT2D eigenvalue weighted by atomic mass is 10.0. The molecule has 60 heavy (non-hydrogen) atoms. The molecule has 0 spiro atoms. The van der Waals surface area contributed by atoms with Gasteiger partial charge in [-0.3, -0.25) is 18.6 Å². The van der Waals surface area contributed by atoms with Crippen LogP contribution >= 0.6 is 7.82 Å². The maximum absolute atomic E-state index is 12.3. The van der Waals surface area contributed by atoms with Gasteiger partial charge in [-0.1, -0.05) is 184 Å². The number of hydrogen-bond acceptors (Lipinski definition) is 8. The van der Waals surface area contributed by atoms with Crippen LogP contribution in [0.2, 0.25) is 0 Å². The smallest absolute Gasteiger partial charge is 0.472 e. The van der Waals surface area contributed by atoms with Crippen molar-refractivity contribution in [1.82, 2.24) is 5.32 Å². The first-order chi connectivity index (χ1) is 29.1. The molecule has 0 saturated heterocycles. The molecule has 0 saturated carbocycles. The zero-order valence-electron chi connectivity index (χ0n) is 37.8. The highest BCUT2D eigenvalue weighted by Gasteiger charge is 2.28. The largest absolute Gasteiger partial charge is 0.480 e. The van der Waals surface area contributed by atoms with E-state index in [1.165, 1.54) is 96.3 Å². The number of carboxylic acid groups (broad SMARTS) is 1. The zero-order valence-corrected chi connectivity index (χ0v) is 38.6. The number of aliphatic carboxylic acids is 1. The van der Waals surface area contributed by atoms with Crippen molar-refractivity contribution in [3.8, 4) is 0 Å². The van der Waals surface area contributed by atoms with E-state index in [9.17, 15) is 34.1 Å². The number of hydrogen-bond donors (Lipinski definition) is 4. The van der Waals surface area contributed by atoms with E-state index in [0.717, 1.165) is 70.6 Å². The van der Waals surface area contributed by atoms with Gasteiger partial charge in [-0.15, -0.1) is 0 Å². The van der Waals surface area contributed by atoms with Crippen molar-refractivity contribution in [2.24, 2.45) is 0 Å². The number of ether oxygens (including phenoxy) is 1. The Labute approximate surface area is 364 Å². The normalized spacial score (nSPS) is 14.1. The highest BCUT2D eigenvalue weighted by atomic mass is 31.2. The minimum Gasteiger partial charge on any atom is -0.480 e. The van der Waals surface area contributed by atoms with Crippen LogP contribution in [0.4, 0.5) is 0 Å². The monoisotopic (exact) mass is 868 g/mol. The predicted molar refractivity (Wildman–Crippen MR) is 245 cm³/mol. The summed E-state index contributed by atoms with van der Waals surface area (Å²) < 4.78 is 26.9. The van der Waals surface area contributed by atoms with Crippen molar-refractivity contribution >= 4 is 25.7 Å². The summed E-state index contributed by atoms with van der Waals surface area (Å²) in [5.74, 6) is -2.39. The second kappa shape index (κ2) is 43.1. The van der Waals surface area contributed by atoms with Crippen LogP contribution in [0.1, 0.15) is 206 Å². The lowest BCUT2D eigenvalue weighted by molar-refractivity contribution is -0.147. The van der Waals surface area contributed by atoms with Crippen LogP contribution in [0.25, 0.3) is 0 Å². The van der Waals surface area contributed by atoms with E-state index in [-0.39, 0.29) is 12.8 Å². The summed E-state index contributed by atoms with van der Waals surface area (Å²) in [5.41, 5.74) is 0. The van der Waals surface area contributed by atoms with Crippen molar-refractivity contribution < 1.29 is 47.8 Å². The van der Waals surface area contributed by atoms with Crippen LogP contribution in [0.5, 0.6) is 0 Å². The number of esters is 1. The van der Waals surface area contributed by atoms with Gasteiger partial charge in [0.25, 0.3) is 0 Å². The first kappa shape index (κ1) is 57.4. The number of carbonyl (C=O) groups excluding carboxylic acids is 2. The number of unbranched alkanes of at least 4 members (excludes halogenated alkanes) is 22. The number of rotatable bonds is 44. The number of allylic oxidation sites excluding steroid dienone is 8. The summed E-state index contributed by atoms with van der Waals surface area (Å²) in [6.45, 7) is 2.57.